The summed E-state index contributed by atoms with van der Waals surface area (Å²) in [7, 11) is 0. The number of carbonyl (C=O) groups is 2. The second-order valence-electron chi connectivity index (χ2n) is 7.98. The number of anilines is 2. The molecule has 0 aliphatic heterocycles. The molecule has 152 valence electrons. The first kappa shape index (κ1) is 19.9. The standard InChI is InChI=1S/C26H26N2O2/c1-18-13-14-21(15-19(18)2)27-25(29)23-16-24(23)26(30)28(22-11-7-4-8-12-22)17-20-9-5-3-6-10-20/h3-15,23-24H,16-17H2,1-2H3,(H,27,29). The van der Waals surface area contributed by atoms with Crippen LogP contribution in [0.15, 0.2) is 78.9 Å². The van der Waals surface area contributed by atoms with Gasteiger partial charge in [-0.25, -0.2) is 0 Å². The topological polar surface area (TPSA) is 49.4 Å². The van der Waals surface area contributed by atoms with Crippen LogP contribution >= 0.6 is 0 Å². The van der Waals surface area contributed by atoms with Crippen molar-refractivity contribution < 1.29 is 9.59 Å². The van der Waals surface area contributed by atoms with E-state index in [0.29, 0.717) is 13.0 Å². The van der Waals surface area contributed by atoms with Crippen molar-refractivity contribution in [2.24, 2.45) is 11.8 Å². The monoisotopic (exact) mass is 398 g/mol. The summed E-state index contributed by atoms with van der Waals surface area (Å²) in [4.78, 5) is 27.8. The van der Waals surface area contributed by atoms with Crippen LogP contribution in [0, 0.1) is 25.7 Å². The first-order valence-corrected chi connectivity index (χ1v) is 10.3. The highest BCUT2D eigenvalue weighted by Crippen LogP contribution is 2.42. The molecular weight excluding hydrogens is 372 g/mol. The maximum atomic E-state index is 13.3. The van der Waals surface area contributed by atoms with Gasteiger partial charge in [-0.2, -0.15) is 0 Å². The second-order valence-corrected chi connectivity index (χ2v) is 7.98. The summed E-state index contributed by atoms with van der Waals surface area (Å²) in [6.45, 7) is 4.56. The van der Waals surface area contributed by atoms with E-state index < -0.39 is 0 Å². The van der Waals surface area contributed by atoms with E-state index in [2.05, 4.69) is 5.32 Å². The van der Waals surface area contributed by atoms with Crippen molar-refractivity contribution in [3.63, 3.8) is 0 Å². The highest BCUT2D eigenvalue weighted by atomic mass is 16.2. The Morgan fingerprint density at radius 2 is 1.53 bits per heavy atom. The van der Waals surface area contributed by atoms with Crippen LogP contribution in [-0.2, 0) is 16.1 Å². The highest BCUT2D eigenvalue weighted by molar-refractivity contribution is 6.04. The number of amides is 2. The average molecular weight is 399 g/mol. The van der Waals surface area contributed by atoms with Crippen LogP contribution in [0.2, 0.25) is 0 Å². The third-order valence-electron chi connectivity index (χ3n) is 5.74. The van der Waals surface area contributed by atoms with Gasteiger partial charge in [0.25, 0.3) is 0 Å². The van der Waals surface area contributed by atoms with Gasteiger partial charge in [-0.15, -0.1) is 0 Å². The number of rotatable bonds is 6. The molecule has 3 aromatic rings. The van der Waals surface area contributed by atoms with Gasteiger partial charge in [0.2, 0.25) is 11.8 Å². The summed E-state index contributed by atoms with van der Waals surface area (Å²) in [5.41, 5.74) is 5.02. The molecule has 0 spiro atoms. The van der Waals surface area contributed by atoms with Crippen molar-refractivity contribution in [2.45, 2.75) is 26.8 Å². The average Bonchev–Trinajstić information content (AvgIpc) is 3.57. The Bertz CT molecular complexity index is 1050. The third kappa shape index (κ3) is 4.43. The van der Waals surface area contributed by atoms with E-state index in [4.69, 9.17) is 0 Å². The summed E-state index contributed by atoms with van der Waals surface area (Å²) in [5.74, 6) is -0.629. The van der Waals surface area contributed by atoms with Gasteiger partial charge < -0.3 is 10.2 Å². The smallest absolute Gasteiger partial charge is 0.231 e. The van der Waals surface area contributed by atoms with Gasteiger partial charge in [-0.1, -0.05) is 54.6 Å². The van der Waals surface area contributed by atoms with Gasteiger partial charge >= 0.3 is 0 Å². The van der Waals surface area contributed by atoms with Gasteiger partial charge in [0, 0.05) is 11.4 Å². The van der Waals surface area contributed by atoms with Crippen molar-refractivity contribution in [2.75, 3.05) is 10.2 Å². The Balaban J connectivity index is 1.47. The number of hydrogen-bond acceptors (Lipinski definition) is 2. The fourth-order valence-electron chi connectivity index (χ4n) is 3.68. The molecule has 1 aliphatic carbocycles. The summed E-state index contributed by atoms with van der Waals surface area (Å²) >= 11 is 0. The molecule has 0 aromatic heterocycles. The van der Waals surface area contributed by atoms with E-state index in [-0.39, 0.29) is 23.7 Å². The van der Waals surface area contributed by atoms with E-state index in [9.17, 15) is 9.59 Å². The molecular formula is C26H26N2O2. The van der Waals surface area contributed by atoms with E-state index in [1.165, 1.54) is 5.56 Å². The van der Waals surface area contributed by atoms with Gasteiger partial charge in [0.1, 0.15) is 0 Å². The van der Waals surface area contributed by atoms with Crippen LogP contribution < -0.4 is 10.2 Å². The molecule has 0 heterocycles. The molecule has 1 fully saturated rings. The van der Waals surface area contributed by atoms with Crippen molar-refractivity contribution in [3.05, 3.63) is 95.6 Å². The predicted octanol–water partition coefficient (Wildman–Crippen LogP) is 5.11. The molecule has 2 amide bonds. The number of nitrogens with one attached hydrogen (secondary N) is 1. The maximum Gasteiger partial charge on any atom is 0.231 e. The summed E-state index contributed by atoms with van der Waals surface area (Å²) in [5, 5.41) is 2.98. The van der Waals surface area contributed by atoms with Gasteiger partial charge in [-0.05, 0) is 61.2 Å². The third-order valence-corrected chi connectivity index (χ3v) is 5.74. The molecule has 0 saturated heterocycles. The molecule has 1 aliphatic rings. The van der Waals surface area contributed by atoms with Crippen molar-refractivity contribution in [1.82, 2.24) is 0 Å². The lowest BCUT2D eigenvalue weighted by Gasteiger charge is -2.23. The first-order chi connectivity index (χ1) is 14.5. The lowest BCUT2D eigenvalue weighted by atomic mass is 10.1. The summed E-state index contributed by atoms with van der Waals surface area (Å²) in [6.07, 6.45) is 0.591. The molecule has 0 bridgehead atoms. The molecule has 1 N–H and O–H groups in total. The number of aryl methyl sites for hydroxylation is 2. The Kier molecular flexibility index (Phi) is 5.66. The van der Waals surface area contributed by atoms with Crippen molar-refractivity contribution in [3.8, 4) is 0 Å². The fourth-order valence-corrected chi connectivity index (χ4v) is 3.68. The zero-order chi connectivity index (χ0) is 21.1. The van der Waals surface area contributed by atoms with Crippen molar-refractivity contribution in [1.29, 1.82) is 0 Å². The Hall–Kier alpha value is -3.40. The number of nitrogens with zero attached hydrogens (tertiary/aromatic N) is 1. The number of carbonyl (C=O) groups excluding carboxylic acids is 2. The van der Waals surface area contributed by atoms with Crippen LogP contribution in [0.1, 0.15) is 23.1 Å². The second kappa shape index (κ2) is 8.54. The molecule has 3 aromatic carbocycles. The zero-order valence-corrected chi connectivity index (χ0v) is 17.3. The van der Waals surface area contributed by atoms with Crippen LogP contribution in [0.3, 0.4) is 0 Å². The Labute approximate surface area is 177 Å². The van der Waals surface area contributed by atoms with Crippen LogP contribution in [-0.4, -0.2) is 11.8 Å². The summed E-state index contributed by atoms with van der Waals surface area (Å²) in [6, 6.07) is 25.5. The fraction of sp³-hybridized carbons (Fsp3) is 0.231. The van der Waals surface area contributed by atoms with E-state index in [1.807, 2.05) is 92.7 Å². The first-order valence-electron chi connectivity index (χ1n) is 10.3. The number of benzene rings is 3. The Morgan fingerprint density at radius 1 is 0.867 bits per heavy atom. The van der Waals surface area contributed by atoms with Gasteiger partial charge in [-0.3, -0.25) is 9.59 Å². The molecule has 4 rings (SSSR count). The SMILES string of the molecule is Cc1ccc(NC(=O)C2CC2C(=O)N(Cc2ccccc2)c2ccccc2)cc1C. The van der Waals surface area contributed by atoms with Crippen molar-refractivity contribution >= 4 is 23.2 Å². The maximum absolute atomic E-state index is 13.3. The zero-order valence-electron chi connectivity index (χ0n) is 17.3. The number of para-hydroxylation sites is 1. The van der Waals surface area contributed by atoms with Gasteiger partial charge in [0.05, 0.1) is 18.4 Å². The van der Waals surface area contributed by atoms with E-state index in [1.54, 1.807) is 4.90 Å². The minimum Gasteiger partial charge on any atom is -0.326 e. The lowest BCUT2D eigenvalue weighted by Crippen LogP contribution is -2.33. The molecule has 4 heteroatoms. The van der Waals surface area contributed by atoms with Crippen LogP contribution in [0.4, 0.5) is 11.4 Å². The molecule has 4 nitrogen and oxygen atoms in total. The highest BCUT2D eigenvalue weighted by Gasteiger charge is 2.49. The molecule has 2 unspecified atom stereocenters. The largest absolute Gasteiger partial charge is 0.326 e. The predicted molar refractivity (Wildman–Crippen MR) is 120 cm³/mol. The number of hydrogen-bond donors (Lipinski definition) is 1. The Morgan fingerprint density at radius 3 is 2.20 bits per heavy atom. The minimum atomic E-state index is -0.277. The molecule has 1 saturated carbocycles. The van der Waals surface area contributed by atoms with E-state index >= 15 is 0 Å². The minimum absolute atomic E-state index is 0.00490. The molecule has 0 radical (unpaired) electrons. The molecule has 30 heavy (non-hydrogen) atoms. The van der Waals surface area contributed by atoms with Gasteiger partial charge in [0.15, 0.2) is 0 Å². The lowest BCUT2D eigenvalue weighted by molar-refractivity contribution is -0.123. The van der Waals surface area contributed by atoms with Crippen LogP contribution in [0.25, 0.3) is 0 Å². The van der Waals surface area contributed by atoms with E-state index in [0.717, 1.165) is 22.5 Å². The normalized spacial score (nSPS) is 17.3. The summed E-state index contributed by atoms with van der Waals surface area (Å²) < 4.78 is 0. The van der Waals surface area contributed by atoms with Crippen LogP contribution in [0.5, 0.6) is 0 Å². The molecule has 2 atom stereocenters. The quantitative estimate of drug-likeness (QED) is 0.627.